The van der Waals surface area contributed by atoms with Crippen molar-refractivity contribution in [2.24, 2.45) is 7.05 Å². The Kier molecular flexibility index (Phi) is 5.65. The number of hydrogen-bond donors (Lipinski definition) is 0. The second-order valence-corrected chi connectivity index (χ2v) is 7.20. The third kappa shape index (κ3) is 3.49. The Morgan fingerprint density at radius 2 is 1.78 bits per heavy atom. The van der Waals surface area contributed by atoms with Crippen LogP contribution in [0.1, 0.15) is 21.3 Å². The summed E-state index contributed by atoms with van der Waals surface area (Å²) in [5, 5.41) is -0.280. The number of benzene rings is 1. The highest BCUT2D eigenvalue weighted by Crippen LogP contribution is 2.46. The Labute approximate surface area is 161 Å². The first-order chi connectivity index (χ1) is 13.0. The van der Waals surface area contributed by atoms with Gasteiger partial charge in [0.2, 0.25) is 0 Å². The molecule has 0 saturated carbocycles. The molecule has 1 aliphatic rings. The number of methoxy groups -OCH3 is 3. The lowest BCUT2D eigenvalue weighted by molar-refractivity contribution is 0.0756. The molecule has 0 bridgehead atoms. The molecule has 1 aromatic carbocycles. The molecule has 0 N–H and O–H groups in total. The van der Waals surface area contributed by atoms with Gasteiger partial charge in [-0.15, -0.1) is 11.8 Å². The van der Waals surface area contributed by atoms with E-state index in [2.05, 4.69) is 0 Å². The van der Waals surface area contributed by atoms with Crippen molar-refractivity contribution in [2.45, 2.75) is 5.37 Å². The van der Waals surface area contributed by atoms with Crippen molar-refractivity contribution in [3.05, 3.63) is 51.9 Å². The zero-order valence-corrected chi connectivity index (χ0v) is 16.5. The summed E-state index contributed by atoms with van der Waals surface area (Å²) in [6.07, 6.45) is 1.63. The minimum Gasteiger partial charge on any atom is -0.496 e. The van der Waals surface area contributed by atoms with Gasteiger partial charge in [0.05, 0.1) is 21.3 Å². The number of pyridine rings is 1. The van der Waals surface area contributed by atoms with Gasteiger partial charge in [-0.25, -0.2) is 0 Å². The average Bonchev–Trinajstić information content (AvgIpc) is 3.18. The number of hydrogen-bond acceptors (Lipinski definition) is 6. The van der Waals surface area contributed by atoms with Crippen molar-refractivity contribution < 1.29 is 19.0 Å². The smallest absolute Gasteiger partial charge is 0.263 e. The SMILES string of the molecule is COc1cc(OC)c(C2SCCN2C(=O)c2cccn(C)c2=O)cc1OC. The van der Waals surface area contributed by atoms with Crippen LogP contribution in [0.2, 0.25) is 0 Å². The Morgan fingerprint density at radius 3 is 2.44 bits per heavy atom. The second kappa shape index (κ2) is 7.96. The predicted octanol–water partition coefficient (Wildman–Crippen LogP) is 2.30. The number of amides is 1. The molecule has 7 nitrogen and oxygen atoms in total. The van der Waals surface area contributed by atoms with Crippen molar-refractivity contribution in [1.82, 2.24) is 9.47 Å². The largest absolute Gasteiger partial charge is 0.496 e. The summed E-state index contributed by atoms with van der Waals surface area (Å²) in [5.74, 6) is 2.19. The number of carbonyl (C=O) groups excluding carboxylic acids is 1. The lowest BCUT2D eigenvalue weighted by Crippen LogP contribution is -2.35. The molecule has 1 aromatic heterocycles. The number of aromatic nitrogens is 1. The Morgan fingerprint density at radius 1 is 1.11 bits per heavy atom. The molecular weight excluding hydrogens is 368 g/mol. The Bertz CT molecular complexity index is 911. The lowest BCUT2D eigenvalue weighted by Gasteiger charge is -2.26. The van der Waals surface area contributed by atoms with Gasteiger partial charge in [-0.2, -0.15) is 0 Å². The molecule has 1 atom stereocenters. The van der Waals surface area contributed by atoms with Gasteiger partial charge in [0.15, 0.2) is 11.5 Å². The molecule has 0 radical (unpaired) electrons. The van der Waals surface area contributed by atoms with Gasteiger partial charge in [-0.05, 0) is 18.2 Å². The molecule has 8 heteroatoms. The number of carbonyl (C=O) groups is 1. The van der Waals surface area contributed by atoms with Crippen molar-refractivity contribution in [3.63, 3.8) is 0 Å². The number of thioether (sulfide) groups is 1. The summed E-state index contributed by atoms with van der Waals surface area (Å²) in [6, 6.07) is 6.83. The fourth-order valence-corrected chi connectivity index (χ4v) is 4.37. The van der Waals surface area contributed by atoms with Crippen molar-refractivity contribution >= 4 is 17.7 Å². The molecule has 1 unspecified atom stereocenters. The second-order valence-electron chi connectivity index (χ2n) is 6.01. The van der Waals surface area contributed by atoms with Crippen LogP contribution in [0.5, 0.6) is 17.2 Å². The van der Waals surface area contributed by atoms with Gasteiger partial charge in [-0.3, -0.25) is 9.59 Å². The predicted molar refractivity (Wildman–Crippen MR) is 104 cm³/mol. The molecule has 1 aliphatic heterocycles. The van der Waals surface area contributed by atoms with E-state index in [4.69, 9.17) is 14.2 Å². The van der Waals surface area contributed by atoms with Crippen LogP contribution in [-0.4, -0.2) is 49.0 Å². The number of rotatable bonds is 5. The van der Waals surface area contributed by atoms with Crippen LogP contribution in [0.3, 0.4) is 0 Å². The molecule has 3 rings (SSSR count). The zero-order valence-electron chi connectivity index (χ0n) is 15.7. The number of nitrogens with zero attached hydrogens (tertiary/aromatic N) is 2. The molecule has 144 valence electrons. The van der Waals surface area contributed by atoms with E-state index in [1.807, 2.05) is 6.07 Å². The van der Waals surface area contributed by atoms with E-state index in [9.17, 15) is 9.59 Å². The van der Waals surface area contributed by atoms with Crippen molar-refractivity contribution in [1.29, 1.82) is 0 Å². The highest BCUT2D eigenvalue weighted by atomic mass is 32.2. The molecule has 0 spiro atoms. The van der Waals surface area contributed by atoms with E-state index in [0.29, 0.717) is 23.8 Å². The van der Waals surface area contributed by atoms with Gasteiger partial charge in [0.1, 0.15) is 16.7 Å². The summed E-state index contributed by atoms with van der Waals surface area (Å²) in [5.41, 5.74) is 0.656. The topological polar surface area (TPSA) is 70.0 Å². The highest BCUT2D eigenvalue weighted by Gasteiger charge is 2.35. The first-order valence-electron chi connectivity index (χ1n) is 8.40. The van der Waals surface area contributed by atoms with Crippen LogP contribution in [0.25, 0.3) is 0 Å². The average molecular weight is 390 g/mol. The summed E-state index contributed by atoms with van der Waals surface area (Å²) >= 11 is 1.62. The van der Waals surface area contributed by atoms with Gasteiger partial charge < -0.3 is 23.7 Å². The standard InChI is InChI=1S/C19H22N2O5S/c1-20-7-5-6-12(17(20)22)18(23)21-8-9-27-19(21)13-10-15(25-3)16(26-4)11-14(13)24-2/h5-7,10-11,19H,8-9H2,1-4H3. The third-order valence-corrected chi connectivity index (χ3v) is 5.75. The maximum atomic E-state index is 13.1. The summed E-state index contributed by atoms with van der Waals surface area (Å²) in [4.78, 5) is 27.1. The van der Waals surface area contributed by atoms with Crippen LogP contribution < -0.4 is 19.8 Å². The molecular formula is C19H22N2O5S. The lowest BCUT2D eigenvalue weighted by atomic mass is 10.1. The third-order valence-electron chi connectivity index (χ3n) is 4.51. The van der Waals surface area contributed by atoms with Crippen LogP contribution in [-0.2, 0) is 7.05 Å². The zero-order chi connectivity index (χ0) is 19.6. The molecule has 1 amide bonds. The Hall–Kier alpha value is -2.61. The van der Waals surface area contributed by atoms with Crippen LogP contribution >= 0.6 is 11.8 Å². The summed E-state index contributed by atoms with van der Waals surface area (Å²) in [7, 11) is 6.32. The quantitative estimate of drug-likeness (QED) is 0.780. The minimum absolute atomic E-state index is 0.159. The maximum Gasteiger partial charge on any atom is 0.263 e. The van der Waals surface area contributed by atoms with E-state index in [1.165, 1.54) is 4.57 Å². The molecule has 1 fully saturated rings. The first-order valence-corrected chi connectivity index (χ1v) is 9.44. The molecule has 2 heterocycles. The van der Waals surface area contributed by atoms with E-state index in [0.717, 1.165) is 11.3 Å². The molecule has 1 saturated heterocycles. The first kappa shape index (κ1) is 19.2. The van der Waals surface area contributed by atoms with Gasteiger partial charge in [-0.1, -0.05) is 0 Å². The normalized spacial score (nSPS) is 16.3. The van der Waals surface area contributed by atoms with E-state index in [-0.39, 0.29) is 22.4 Å². The van der Waals surface area contributed by atoms with Crippen LogP contribution in [0.15, 0.2) is 35.3 Å². The van der Waals surface area contributed by atoms with E-state index in [1.54, 1.807) is 69.4 Å². The number of aryl methyl sites for hydroxylation is 1. The Balaban J connectivity index is 2.03. The van der Waals surface area contributed by atoms with Crippen molar-refractivity contribution in [2.75, 3.05) is 33.6 Å². The fourth-order valence-electron chi connectivity index (χ4n) is 3.10. The van der Waals surface area contributed by atoms with Crippen molar-refractivity contribution in [3.8, 4) is 17.2 Å². The van der Waals surface area contributed by atoms with Gasteiger partial charge in [0, 0.05) is 37.2 Å². The minimum atomic E-state index is -0.308. The maximum absolute atomic E-state index is 13.1. The monoisotopic (exact) mass is 390 g/mol. The summed E-state index contributed by atoms with van der Waals surface area (Å²) in [6.45, 7) is 0.545. The molecule has 0 aliphatic carbocycles. The number of ether oxygens (including phenoxy) is 3. The van der Waals surface area contributed by atoms with Gasteiger partial charge >= 0.3 is 0 Å². The van der Waals surface area contributed by atoms with Gasteiger partial charge in [0.25, 0.3) is 11.5 Å². The summed E-state index contributed by atoms with van der Waals surface area (Å²) < 4.78 is 17.7. The van der Waals surface area contributed by atoms with Crippen LogP contribution in [0.4, 0.5) is 0 Å². The fraction of sp³-hybridized carbons (Fsp3) is 0.368. The van der Waals surface area contributed by atoms with E-state index >= 15 is 0 Å². The van der Waals surface area contributed by atoms with E-state index < -0.39 is 0 Å². The highest BCUT2D eigenvalue weighted by molar-refractivity contribution is 7.99. The molecule has 27 heavy (non-hydrogen) atoms. The molecule has 2 aromatic rings. The van der Waals surface area contributed by atoms with Crippen LogP contribution in [0, 0.1) is 0 Å².